The van der Waals surface area contributed by atoms with Crippen LogP contribution >= 0.6 is 0 Å². The van der Waals surface area contributed by atoms with Crippen LogP contribution in [0, 0.1) is 0 Å². The van der Waals surface area contributed by atoms with Gasteiger partial charge in [-0.05, 0) is 38.3 Å². The summed E-state index contributed by atoms with van der Waals surface area (Å²) in [5.41, 5.74) is 0.525. The molecule has 1 saturated carbocycles. The highest BCUT2D eigenvalue weighted by Crippen LogP contribution is 2.27. The molecule has 1 aliphatic carbocycles. The predicted octanol–water partition coefficient (Wildman–Crippen LogP) is 2.18. The summed E-state index contributed by atoms with van der Waals surface area (Å²) in [7, 11) is -3.52. The van der Waals surface area contributed by atoms with Crippen molar-refractivity contribution in [3.8, 4) is 0 Å². The molecule has 2 fully saturated rings. The molecule has 0 spiro atoms. The second kappa shape index (κ2) is 6.71. The van der Waals surface area contributed by atoms with Crippen LogP contribution in [0.5, 0.6) is 0 Å². The Hall–Kier alpha value is -1.24. The second-order valence-electron chi connectivity index (χ2n) is 6.62. The van der Waals surface area contributed by atoms with E-state index in [1.54, 1.807) is 12.1 Å². The Labute approximate surface area is 138 Å². The standard InChI is InChI=1S/C17H24N2O3S/c1-13(20)14-6-8-17(9-7-14)23(21,22)18-15-10-11-19(12-15)16-4-2-3-5-16/h6-9,15-16,18H,2-5,10-12H2,1H3. The molecule has 0 aromatic heterocycles. The molecule has 3 rings (SSSR count). The van der Waals surface area contributed by atoms with E-state index in [2.05, 4.69) is 9.62 Å². The van der Waals surface area contributed by atoms with Gasteiger partial charge in [0.25, 0.3) is 0 Å². The zero-order valence-corrected chi connectivity index (χ0v) is 14.3. The van der Waals surface area contributed by atoms with Gasteiger partial charge in [-0.1, -0.05) is 25.0 Å². The average Bonchev–Trinajstić information content (AvgIpc) is 3.18. The van der Waals surface area contributed by atoms with E-state index in [1.807, 2.05) is 0 Å². The van der Waals surface area contributed by atoms with Crippen LogP contribution in [0.1, 0.15) is 49.4 Å². The summed E-state index contributed by atoms with van der Waals surface area (Å²) >= 11 is 0. The Kier molecular flexibility index (Phi) is 4.85. The van der Waals surface area contributed by atoms with E-state index in [9.17, 15) is 13.2 Å². The summed E-state index contributed by atoms with van der Waals surface area (Å²) in [6, 6.07) is 6.76. The molecule has 126 valence electrons. The molecule has 23 heavy (non-hydrogen) atoms. The summed E-state index contributed by atoms with van der Waals surface area (Å²) in [4.78, 5) is 13.9. The molecule has 1 aliphatic heterocycles. The molecule has 6 heteroatoms. The molecule has 1 aromatic rings. The number of sulfonamides is 1. The van der Waals surface area contributed by atoms with Gasteiger partial charge in [-0.3, -0.25) is 9.69 Å². The first-order chi connectivity index (χ1) is 11.0. The first kappa shape index (κ1) is 16.6. The Balaban J connectivity index is 1.63. The van der Waals surface area contributed by atoms with Gasteiger partial charge in [-0.25, -0.2) is 13.1 Å². The number of likely N-dealkylation sites (tertiary alicyclic amines) is 1. The van der Waals surface area contributed by atoms with E-state index in [0.29, 0.717) is 11.6 Å². The number of Topliss-reactive ketones (excluding diaryl/α,β-unsaturated/α-hetero) is 1. The van der Waals surface area contributed by atoms with Gasteiger partial charge in [-0.2, -0.15) is 0 Å². The monoisotopic (exact) mass is 336 g/mol. The number of nitrogens with zero attached hydrogens (tertiary/aromatic N) is 1. The molecule has 1 heterocycles. The maximum atomic E-state index is 12.5. The number of carbonyl (C=O) groups is 1. The average molecular weight is 336 g/mol. The van der Waals surface area contributed by atoms with Crippen LogP contribution in [0.25, 0.3) is 0 Å². The Bertz CT molecular complexity index is 664. The van der Waals surface area contributed by atoms with Crippen LogP contribution < -0.4 is 4.72 Å². The minimum Gasteiger partial charge on any atom is -0.299 e. The fraction of sp³-hybridized carbons (Fsp3) is 0.588. The van der Waals surface area contributed by atoms with Crippen LogP contribution in [0.15, 0.2) is 29.2 Å². The molecule has 1 atom stereocenters. The predicted molar refractivity (Wildman–Crippen MR) is 89.0 cm³/mol. The van der Waals surface area contributed by atoms with Crippen LogP contribution in [0.3, 0.4) is 0 Å². The zero-order chi connectivity index (χ0) is 16.4. The number of nitrogens with one attached hydrogen (secondary N) is 1. The van der Waals surface area contributed by atoms with E-state index in [-0.39, 0.29) is 16.7 Å². The van der Waals surface area contributed by atoms with Gasteiger partial charge in [0.2, 0.25) is 10.0 Å². The van der Waals surface area contributed by atoms with Crippen molar-refractivity contribution in [2.24, 2.45) is 0 Å². The molecule has 0 amide bonds. The first-order valence-electron chi connectivity index (χ1n) is 8.33. The maximum absolute atomic E-state index is 12.5. The largest absolute Gasteiger partial charge is 0.299 e. The Morgan fingerprint density at radius 2 is 1.78 bits per heavy atom. The van der Waals surface area contributed by atoms with Gasteiger partial charge in [0.05, 0.1) is 4.90 Å². The molecular weight excluding hydrogens is 312 g/mol. The summed E-state index contributed by atoms with van der Waals surface area (Å²) in [5.74, 6) is -0.0649. The quantitative estimate of drug-likeness (QED) is 0.837. The number of rotatable bonds is 5. The maximum Gasteiger partial charge on any atom is 0.240 e. The van der Waals surface area contributed by atoms with Crippen molar-refractivity contribution in [3.63, 3.8) is 0 Å². The lowest BCUT2D eigenvalue weighted by Gasteiger charge is -2.23. The minimum atomic E-state index is -3.52. The van der Waals surface area contributed by atoms with E-state index in [0.717, 1.165) is 19.5 Å². The van der Waals surface area contributed by atoms with E-state index in [4.69, 9.17) is 0 Å². The molecule has 1 aromatic carbocycles. The topological polar surface area (TPSA) is 66.5 Å². The number of hydrogen-bond acceptors (Lipinski definition) is 4. The van der Waals surface area contributed by atoms with Crippen molar-refractivity contribution in [2.75, 3.05) is 13.1 Å². The molecule has 0 radical (unpaired) electrons. The lowest BCUT2D eigenvalue weighted by Crippen LogP contribution is -2.39. The fourth-order valence-electron chi connectivity index (χ4n) is 3.64. The second-order valence-corrected chi connectivity index (χ2v) is 8.33. The van der Waals surface area contributed by atoms with Crippen molar-refractivity contribution in [1.82, 2.24) is 9.62 Å². The molecule has 0 bridgehead atoms. The Morgan fingerprint density at radius 3 is 2.39 bits per heavy atom. The van der Waals surface area contributed by atoms with Crippen molar-refractivity contribution in [3.05, 3.63) is 29.8 Å². The number of benzene rings is 1. The van der Waals surface area contributed by atoms with E-state index in [1.165, 1.54) is 44.7 Å². The number of hydrogen-bond donors (Lipinski definition) is 1. The van der Waals surface area contributed by atoms with Crippen molar-refractivity contribution in [1.29, 1.82) is 0 Å². The van der Waals surface area contributed by atoms with Gasteiger partial charge >= 0.3 is 0 Å². The van der Waals surface area contributed by atoms with Crippen molar-refractivity contribution < 1.29 is 13.2 Å². The summed E-state index contributed by atoms with van der Waals surface area (Å²) in [6.07, 6.45) is 5.93. The van der Waals surface area contributed by atoms with Gasteiger partial charge in [0, 0.05) is 30.7 Å². The molecule has 1 saturated heterocycles. The molecule has 2 aliphatic rings. The third-order valence-corrected chi connectivity index (χ3v) is 6.49. The first-order valence-corrected chi connectivity index (χ1v) is 9.81. The summed E-state index contributed by atoms with van der Waals surface area (Å²) < 4.78 is 27.8. The Morgan fingerprint density at radius 1 is 1.13 bits per heavy atom. The SMILES string of the molecule is CC(=O)c1ccc(S(=O)(=O)NC2CCN(C3CCCC3)C2)cc1. The van der Waals surface area contributed by atoms with Gasteiger partial charge in [0.1, 0.15) is 0 Å². The van der Waals surface area contributed by atoms with Crippen molar-refractivity contribution >= 4 is 15.8 Å². The van der Waals surface area contributed by atoms with Gasteiger partial charge in [-0.15, -0.1) is 0 Å². The highest BCUT2D eigenvalue weighted by atomic mass is 32.2. The molecular formula is C17H24N2O3S. The van der Waals surface area contributed by atoms with Crippen molar-refractivity contribution in [2.45, 2.75) is 56.0 Å². The fourth-order valence-corrected chi connectivity index (χ4v) is 4.90. The van der Waals surface area contributed by atoms with E-state index >= 15 is 0 Å². The summed E-state index contributed by atoms with van der Waals surface area (Å²) in [5, 5.41) is 0. The molecule has 5 nitrogen and oxygen atoms in total. The lowest BCUT2D eigenvalue weighted by molar-refractivity contribution is 0.101. The minimum absolute atomic E-state index is 0.0203. The number of carbonyl (C=O) groups excluding carboxylic acids is 1. The normalized spacial score (nSPS) is 23.4. The third-order valence-electron chi connectivity index (χ3n) is 4.95. The zero-order valence-electron chi connectivity index (χ0n) is 13.5. The smallest absolute Gasteiger partial charge is 0.240 e. The van der Waals surface area contributed by atoms with Crippen LogP contribution in [-0.4, -0.2) is 44.3 Å². The summed E-state index contributed by atoms with van der Waals surface area (Å²) in [6.45, 7) is 3.24. The van der Waals surface area contributed by atoms with Crippen LogP contribution in [0.2, 0.25) is 0 Å². The highest BCUT2D eigenvalue weighted by Gasteiger charge is 2.32. The number of ketones is 1. The lowest BCUT2D eigenvalue weighted by atomic mass is 10.2. The van der Waals surface area contributed by atoms with E-state index < -0.39 is 10.0 Å². The molecule has 1 unspecified atom stereocenters. The van der Waals surface area contributed by atoms with Gasteiger partial charge < -0.3 is 0 Å². The third kappa shape index (κ3) is 3.82. The molecule has 1 N–H and O–H groups in total. The van der Waals surface area contributed by atoms with Crippen LogP contribution in [0.4, 0.5) is 0 Å². The van der Waals surface area contributed by atoms with Crippen LogP contribution in [-0.2, 0) is 10.0 Å². The van der Waals surface area contributed by atoms with Gasteiger partial charge in [0.15, 0.2) is 5.78 Å². The highest BCUT2D eigenvalue weighted by molar-refractivity contribution is 7.89.